The van der Waals surface area contributed by atoms with Crippen molar-refractivity contribution in [3.05, 3.63) is 0 Å². The zero-order valence-corrected chi connectivity index (χ0v) is 26.6. The number of carbonyl (C=O) groups is 5. The van der Waals surface area contributed by atoms with Gasteiger partial charge in [-0.1, -0.05) is 46.5 Å². The summed E-state index contributed by atoms with van der Waals surface area (Å²) in [6.45, 7) is 12.7. The lowest BCUT2D eigenvalue weighted by Crippen LogP contribution is -2.62. The topological polar surface area (TPSA) is 146 Å². The summed E-state index contributed by atoms with van der Waals surface area (Å²) in [6.07, 6.45) is 8.01. The van der Waals surface area contributed by atoms with Gasteiger partial charge < -0.3 is 25.6 Å². The number of Topliss-reactive ketones (excluding diaryl/α,β-unsaturated/α-hetero) is 1. The second kappa shape index (κ2) is 14.2. The first-order chi connectivity index (χ1) is 19.6. The van der Waals surface area contributed by atoms with Crippen molar-refractivity contribution in [2.45, 2.75) is 149 Å². The SMILES string of the molecule is CC(=O)C(NC(=O)C1CCCN1C(=O)C(NC(=O)NC(C(=O)OC(C)(C)C)C1CCCCC1)C(C)(C)C)NC1CCC1. The van der Waals surface area contributed by atoms with Gasteiger partial charge in [0.25, 0.3) is 0 Å². The van der Waals surface area contributed by atoms with Crippen molar-refractivity contribution in [2.75, 3.05) is 6.54 Å². The molecule has 3 fully saturated rings. The Morgan fingerprint density at radius 1 is 0.786 bits per heavy atom. The molecule has 0 aromatic heterocycles. The van der Waals surface area contributed by atoms with Crippen LogP contribution in [0.5, 0.6) is 0 Å². The van der Waals surface area contributed by atoms with Crippen molar-refractivity contribution < 1.29 is 28.7 Å². The highest BCUT2D eigenvalue weighted by molar-refractivity contribution is 5.95. The van der Waals surface area contributed by atoms with E-state index in [1.165, 1.54) is 11.8 Å². The number of ketones is 1. The van der Waals surface area contributed by atoms with Gasteiger partial charge in [0.05, 0.1) is 0 Å². The predicted molar refractivity (Wildman–Crippen MR) is 159 cm³/mol. The van der Waals surface area contributed by atoms with Crippen molar-refractivity contribution in [3.8, 4) is 0 Å². The molecule has 1 saturated heterocycles. The molecule has 238 valence electrons. The summed E-state index contributed by atoms with van der Waals surface area (Å²) in [4.78, 5) is 67.5. The second-order valence-electron chi connectivity index (χ2n) is 14.4. The van der Waals surface area contributed by atoms with Crippen LogP contribution in [0.15, 0.2) is 0 Å². The number of amides is 4. The molecule has 2 aliphatic carbocycles. The first-order valence-electron chi connectivity index (χ1n) is 15.7. The van der Waals surface area contributed by atoms with E-state index in [9.17, 15) is 24.0 Å². The number of urea groups is 1. The van der Waals surface area contributed by atoms with E-state index < -0.39 is 47.3 Å². The third kappa shape index (κ3) is 9.41. The first-order valence-corrected chi connectivity index (χ1v) is 15.7. The van der Waals surface area contributed by atoms with Crippen molar-refractivity contribution in [2.24, 2.45) is 11.3 Å². The number of hydrogen-bond donors (Lipinski definition) is 4. The van der Waals surface area contributed by atoms with Crippen molar-refractivity contribution in [1.82, 2.24) is 26.2 Å². The summed E-state index contributed by atoms with van der Waals surface area (Å²) in [5, 5.41) is 11.7. The third-order valence-corrected chi connectivity index (χ3v) is 8.50. The highest BCUT2D eigenvalue weighted by Crippen LogP contribution is 2.29. The van der Waals surface area contributed by atoms with Crippen LogP contribution in [0.3, 0.4) is 0 Å². The molecule has 0 radical (unpaired) electrons. The fraction of sp³-hybridized carbons (Fsp3) is 0.839. The molecular formula is C31H53N5O6. The number of nitrogens with one attached hydrogen (secondary N) is 4. The minimum atomic E-state index is -0.951. The molecule has 1 heterocycles. The van der Waals surface area contributed by atoms with Crippen LogP contribution < -0.4 is 21.3 Å². The molecule has 42 heavy (non-hydrogen) atoms. The van der Waals surface area contributed by atoms with Crippen molar-refractivity contribution >= 4 is 29.6 Å². The van der Waals surface area contributed by atoms with E-state index in [2.05, 4.69) is 21.3 Å². The molecule has 0 spiro atoms. The zero-order valence-electron chi connectivity index (χ0n) is 26.6. The van der Waals surface area contributed by atoms with Crippen LogP contribution in [0.25, 0.3) is 0 Å². The summed E-state index contributed by atoms with van der Waals surface area (Å²) < 4.78 is 5.65. The van der Waals surface area contributed by atoms with Crippen LogP contribution in [0.2, 0.25) is 0 Å². The van der Waals surface area contributed by atoms with Gasteiger partial charge in [-0.2, -0.15) is 0 Å². The van der Waals surface area contributed by atoms with Gasteiger partial charge in [-0.25, -0.2) is 9.59 Å². The average Bonchev–Trinajstić information content (AvgIpc) is 3.35. The summed E-state index contributed by atoms with van der Waals surface area (Å²) >= 11 is 0. The lowest BCUT2D eigenvalue weighted by Gasteiger charge is -2.37. The van der Waals surface area contributed by atoms with Gasteiger partial charge in [-0.3, -0.25) is 19.7 Å². The van der Waals surface area contributed by atoms with E-state index in [1.54, 1.807) is 20.8 Å². The number of likely N-dealkylation sites (tertiary alicyclic amines) is 1. The van der Waals surface area contributed by atoms with Crippen molar-refractivity contribution in [1.29, 1.82) is 0 Å². The Balaban J connectivity index is 1.71. The Morgan fingerprint density at radius 3 is 1.95 bits per heavy atom. The fourth-order valence-electron chi connectivity index (χ4n) is 5.94. The second-order valence-corrected chi connectivity index (χ2v) is 14.4. The fourth-order valence-corrected chi connectivity index (χ4v) is 5.94. The Bertz CT molecular complexity index is 993. The average molecular weight is 592 g/mol. The molecule has 4 N–H and O–H groups in total. The number of carbonyl (C=O) groups excluding carboxylic acids is 5. The van der Waals surface area contributed by atoms with Gasteiger partial charge in [0.2, 0.25) is 11.8 Å². The molecular weight excluding hydrogens is 538 g/mol. The molecule has 4 atom stereocenters. The minimum absolute atomic E-state index is 0.0439. The van der Waals surface area contributed by atoms with Gasteiger partial charge in [-0.15, -0.1) is 0 Å². The molecule has 4 unspecified atom stereocenters. The van der Waals surface area contributed by atoms with Gasteiger partial charge in [-0.05, 0) is 77.6 Å². The smallest absolute Gasteiger partial charge is 0.329 e. The van der Waals surface area contributed by atoms with E-state index in [0.717, 1.165) is 51.4 Å². The molecule has 0 aromatic rings. The molecule has 4 amide bonds. The Hall–Kier alpha value is -2.69. The molecule has 3 aliphatic rings. The number of rotatable bonds is 10. The molecule has 0 bridgehead atoms. The normalized spacial score (nSPS) is 22.4. The van der Waals surface area contributed by atoms with Gasteiger partial charge in [0.1, 0.15) is 29.9 Å². The quantitative estimate of drug-likeness (QED) is 0.226. The van der Waals surface area contributed by atoms with E-state index in [-0.39, 0.29) is 29.6 Å². The summed E-state index contributed by atoms with van der Waals surface area (Å²) in [5.41, 5.74) is -1.38. The molecule has 1 aliphatic heterocycles. The van der Waals surface area contributed by atoms with Crippen LogP contribution in [-0.2, 0) is 23.9 Å². The Kier molecular flexibility index (Phi) is 11.4. The van der Waals surface area contributed by atoms with E-state index >= 15 is 0 Å². The highest BCUT2D eigenvalue weighted by atomic mass is 16.6. The van der Waals surface area contributed by atoms with Crippen LogP contribution in [0.4, 0.5) is 4.79 Å². The van der Waals surface area contributed by atoms with E-state index in [0.29, 0.717) is 19.4 Å². The predicted octanol–water partition coefficient (Wildman–Crippen LogP) is 3.16. The van der Waals surface area contributed by atoms with Crippen LogP contribution in [0, 0.1) is 11.3 Å². The monoisotopic (exact) mass is 591 g/mol. The summed E-state index contributed by atoms with van der Waals surface area (Å²) in [5.74, 6) is -1.46. The first kappa shape index (κ1) is 33.8. The maximum absolute atomic E-state index is 13.9. The highest BCUT2D eigenvalue weighted by Gasteiger charge is 2.43. The molecule has 2 saturated carbocycles. The standard InChI is InChI=1S/C31H53N5O6/c1-19(37)25(32-21-15-11-16-21)35-26(38)22-17-12-18-36(22)27(39)24(30(2,3)4)34-29(41)33-23(20-13-9-8-10-14-20)28(40)42-31(5,6)7/h20-25,32H,8-18H2,1-7H3,(H,35,38)(H2,33,34,41). The maximum Gasteiger partial charge on any atom is 0.329 e. The summed E-state index contributed by atoms with van der Waals surface area (Å²) in [7, 11) is 0. The van der Waals surface area contributed by atoms with E-state index in [1.807, 2.05) is 20.8 Å². The Labute approximate surface area is 251 Å². The lowest BCUT2D eigenvalue weighted by atomic mass is 9.83. The van der Waals surface area contributed by atoms with Crippen LogP contribution in [0.1, 0.15) is 113 Å². The third-order valence-electron chi connectivity index (χ3n) is 8.50. The number of hydrogen-bond acceptors (Lipinski definition) is 7. The largest absolute Gasteiger partial charge is 0.458 e. The van der Waals surface area contributed by atoms with Crippen molar-refractivity contribution in [3.63, 3.8) is 0 Å². The number of nitrogens with zero attached hydrogens (tertiary/aromatic N) is 1. The summed E-state index contributed by atoms with van der Waals surface area (Å²) in [6, 6.07) is -2.93. The van der Waals surface area contributed by atoms with Crippen LogP contribution in [-0.4, -0.2) is 77.0 Å². The maximum atomic E-state index is 13.9. The molecule has 11 nitrogen and oxygen atoms in total. The lowest BCUT2D eigenvalue weighted by molar-refractivity contribution is -0.159. The number of ether oxygens (including phenoxy) is 1. The molecule has 11 heteroatoms. The molecule has 3 rings (SSSR count). The minimum Gasteiger partial charge on any atom is -0.458 e. The molecule has 0 aromatic carbocycles. The van der Waals surface area contributed by atoms with Gasteiger partial charge >= 0.3 is 12.0 Å². The van der Waals surface area contributed by atoms with E-state index in [4.69, 9.17) is 4.74 Å². The van der Waals surface area contributed by atoms with Gasteiger partial charge in [0, 0.05) is 12.6 Å². The van der Waals surface area contributed by atoms with Gasteiger partial charge in [0.15, 0.2) is 5.78 Å². The van der Waals surface area contributed by atoms with Crippen LogP contribution >= 0.6 is 0 Å². The zero-order chi connectivity index (χ0) is 31.2. The Morgan fingerprint density at radius 2 is 1.43 bits per heavy atom. The number of esters is 1.